The highest BCUT2D eigenvalue weighted by Gasteiger charge is 2.34. The molecule has 0 aromatic heterocycles. The van der Waals surface area contributed by atoms with Gasteiger partial charge >= 0.3 is 5.97 Å². The van der Waals surface area contributed by atoms with Crippen LogP contribution in [0.15, 0.2) is 35.2 Å². The first-order valence-corrected chi connectivity index (χ1v) is 9.43. The molecule has 1 aromatic rings. The first-order valence-electron chi connectivity index (χ1n) is 8.44. The van der Waals surface area contributed by atoms with Gasteiger partial charge in [-0.1, -0.05) is 18.2 Å². The first kappa shape index (κ1) is 19.9. The van der Waals surface area contributed by atoms with Crippen molar-refractivity contribution in [2.45, 2.75) is 37.0 Å². The second-order valence-electron chi connectivity index (χ2n) is 5.93. The van der Waals surface area contributed by atoms with Crippen molar-refractivity contribution in [3.8, 4) is 0 Å². The van der Waals surface area contributed by atoms with E-state index in [2.05, 4.69) is 0 Å². The minimum Gasteiger partial charge on any atom is -0.462 e. The fraction of sp³-hybridized carbons (Fsp3) is 0.526. The Morgan fingerprint density at radius 2 is 1.88 bits per heavy atom. The Kier molecular flexibility index (Phi) is 7.90. The number of methoxy groups -OCH3 is 1. The molecule has 0 heterocycles. The lowest BCUT2D eigenvalue weighted by atomic mass is 9.98. The fourth-order valence-corrected chi connectivity index (χ4v) is 3.62. The molecule has 25 heavy (non-hydrogen) atoms. The SMILES string of the molecule is CCOC(=O)C(=CC1C[C@@H](F)[C@@H](F)C1)c1ccc(SCCOC)cc1. The zero-order valence-electron chi connectivity index (χ0n) is 14.5. The third-order valence-electron chi connectivity index (χ3n) is 4.07. The van der Waals surface area contributed by atoms with Gasteiger partial charge in [0.05, 0.1) is 18.8 Å². The van der Waals surface area contributed by atoms with Crippen LogP contribution >= 0.6 is 11.8 Å². The number of esters is 1. The zero-order valence-corrected chi connectivity index (χ0v) is 15.4. The number of alkyl halides is 2. The summed E-state index contributed by atoms with van der Waals surface area (Å²) >= 11 is 1.66. The molecule has 0 radical (unpaired) electrons. The molecule has 1 aromatic carbocycles. The van der Waals surface area contributed by atoms with Crippen LogP contribution in [-0.4, -0.2) is 44.4 Å². The van der Waals surface area contributed by atoms with E-state index in [1.165, 1.54) is 0 Å². The van der Waals surface area contributed by atoms with Gasteiger partial charge in [0.25, 0.3) is 0 Å². The minimum atomic E-state index is -1.45. The van der Waals surface area contributed by atoms with Gasteiger partial charge in [0.2, 0.25) is 0 Å². The summed E-state index contributed by atoms with van der Waals surface area (Å²) in [5, 5.41) is 0. The number of thioether (sulfide) groups is 1. The molecule has 3 atom stereocenters. The number of hydrogen-bond donors (Lipinski definition) is 0. The van der Waals surface area contributed by atoms with E-state index in [4.69, 9.17) is 9.47 Å². The van der Waals surface area contributed by atoms with Gasteiger partial charge in [-0.25, -0.2) is 13.6 Å². The van der Waals surface area contributed by atoms with Crippen molar-refractivity contribution < 1.29 is 23.0 Å². The molecule has 0 bridgehead atoms. The van der Waals surface area contributed by atoms with E-state index < -0.39 is 18.3 Å². The molecule has 2 rings (SSSR count). The number of halogens is 2. The highest BCUT2D eigenvalue weighted by atomic mass is 32.2. The minimum absolute atomic E-state index is 0.106. The topological polar surface area (TPSA) is 35.5 Å². The summed E-state index contributed by atoms with van der Waals surface area (Å²) in [6.07, 6.45) is -1.03. The average Bonchev–Trinajstić information content (AvgIpc) is 2.92. The third kappa shape index (κ3) is 5.82. The van der Waals surface area contributed by atoms with Crippen molar-refractivity contribution in [1.29, 1.82) is 0 Å². The number of allylic oxidation sites excluding steroid dienone is 1. The molecule has 1 saturated carbocycles. The summed E-state index contributed by atoms with van der Waals surface area (Å²) in [6.45, 7) is 2.65. The third-order valence-corrected chi connectivity index (χ3v) is 5.04. The highest BCUT2D eigenvalue weighted by molar-refractivity contribution is 7.99. The van der Waals surface area contributed by atoms with Crippen molar-refractivity contribution in [3.05, 3.63) is 35.9 Å². The second-order valence-corrected chi connectivity index (χ2v) is 7.10. The molecule has 1 aliphatic carbocycles. The van der Waals surface area contributed by atoms with Gasteiger partial charge in [0.1, 0.15) is 12.3 Å². The number of benzene rings is 1. The smallest absolute Gasteiger partial charge is 0.338 e. The molecule has 3 nitrogen and oxygen atoms in total. The van der Waals surface area contributed by atoms with Crippen molar-refractivity contribution in [2.24, 2.45) is 5.92 Å². The summed E-state index contributed by atoms with van der Waals surface area (Å²) in [7, 11) is 1.66. The van der Waals surface area contributed by atoms with Crippen molar-refractivity contribution in [2.75, 3.05) is 26.1 Å². The summed E-state index contributed by atoms with van der Waals surface area (Å²) in [4.78, 5) is 13.4. The monoisotopic (exact) mass is 370 g/mol. The molecule has 1 fully saturated rings. The van der Waals surface area contributed by atoms with Gasteiger partial charge in [-0.2, -0.15) is 0 Å². The van der Waals surface area contributed by atoms with Crippen LogP contribution in [0.5, 0.6) is 0 Å². The van der Waals surface area contributed by atoms with Crippen LogP contribution in [-0.2, 0) is 14.3 Å². The Morgan fingerprint density at radius 3 is 2.44 bits per heavy atom. The van der Waals surface area contributed by atoms with E-state index in [1.807, 2.05) is 24.3 Å². The normalized spacial score (nSPS) is 23.7. The van der Waals surface area contributed by atoms with E-state index in [0.717, 1.165) is 10.6 Å². The molecular weight excluding hydrogens is 346 g/mol. The van der Waals surface area contributed by atoms with Crippen molar-refractivity contribution in [3.63, 3.8) is 0 Å². The molecule has 1 unspecified atom stereocenters. The lowest BCUT2D eigenvalue weighted by molar-refractivity contribution is -0.136. The molecule has 0 spiro atoms. The van der Waals surface area contributed by atoms with E-state index in [-0.39, 0.29) is 25.4 Å². The lowest BCUT2D eigenvalue weighted by Gasteiger charge is -2.11. The maximum atomic E-state index is 13.4. The number of carbonyl (C=O) groups is 1. The van der Waals surface area contributed by atoms with Crippen LogP contribution in [0.3, 0.4) is 0 Å². The van der Waals surface area contributed by atoms with Crippen LogP contribution in [0.4, 0.5) is 8.78 Å². The standard InChI is InChI=1S/C19H24F2O3S/c1-3-24-19(22)16(10-13-11-17(20)18(21)12-13)14-4-6-15(7-5-14)25-9-8-23-2/h4-7,10,13,17-18H,3,8-9,11-12H2,1-2H3/t13?,17-,18+. The van der Waals surface area contributed by atoms with Crippen molar-refractivity contribution in [1.82, 2.24) is 0 Å². The largest absolute Gasteiger partial charge is 0.462 e. The molecule has 0 amide bonds. The number of hydrogen-bond acceptors (Lipinski definition) is 4. The van der Waals surface area contributed by atoms with E-state index in [9.17, 15) is 13.6 Å². The maximum Gasteiger partial charge on any atom is 0.338 e. The molecule has 1 aliphatic rings. The molecule has 0 saturated heterocycles. The summed E-state index contributed by atoms with van der Waals surface area (Å²) in [5.74, 6) is 0.0917. The van der Waals surface area contributed by atoms with Gasteiger partial charge in [-0.3, -0.25) is 0 Å². The van der Waals surface area contributed by atoms with Crippen LogP contribution in [0.25, 0.3) is 5.57 Å². The van der Waals surface area contributed by atoms with E-state index in [0.29, 0.717) is 17.7 Å². The van der Waals surface area contributed by atoms with Crippen LogP contribution in [0.1, 0.15) is 25.3 Å². The molecule has 0 N–H and O–H groups in total. The van der Waals surface area contributed by atoms with Gasteiger partial charge in [-0.05, 0) is 43.4 Å². The zero-order chi connectivity index (χ0) is 18.2. The lowest BCUT2D eigenvalue weighted by Crippen LogP contribution is -2.08. The van der Waals surface area contributed by atoms with Crippen LogP contribution < -0.4 is 0 Å². The predicted octanol–water partition coefficient (Wildman–Crippen LogP) is 4.46. The van der Waals surface area contributed by atoms with Gasteiger partial charge in [-0.15, -0.1) is 11.8 Å². The predicted molar refractivity (Wildman–Crippen MR) is 96.2 cm³/mol. The summed E-state index contributed by atoms with van der Waals surface area (Å²) in [6, 6.07) is 7.53. The molecule has 138 valence electrons. The van der Waals surface area contributed by atoms with E-state index >= 15 is 0 Å². The number of rotatable bonds is 8. The summed E-state index contributed by atoms with van der Waals surface area (Å²) in [5.41, 5.74) is 1.08. The Bertz CT molecular complexity index is 579. The Hall–Kier alpha value is -1.40. The Morgan fingerprint density at radius 1 is 1.24 bits per heavy atom. The number of carbonyl (C=O) groups excluding carboxylic acids is 1. The molecular formula is C19H24F2O3S. The highest BCUT2D eigenvalue weighted by Crippen LogP contribution is 2.34. The summed E-state index contributed by atoms with van der Waals surface area (Å²) < 4.78 is 37.0. The number of ether oxygens (including phenoxy) is 2. The molecule has 6 heteroatoms. The van der Waals surface area contributed by atoms with Gasteiger partial charge in [0.15, 0.2) is 0 Å². The van der Waals surface area contributed by atoms with Gasteiger partial charge in [0, 0.05) is 17.8 Å². The first-order chi connectivity index (χ1) is 12.0. The van der Waals surface area contributed by atoms with Crippen LogP contribution in [0.2, 0.25) is 0 Å². The Balaban J connectivity index is 2.16. The fourth-order valence-electron chi connectivity index (χ4n) is 2.81. The van der Waals surface area contributed by atoms with Crippen molar-refractivity contribution >= 4 is 23.3 Å². The van der Waals surface area contributed by atoms with E-state index in [1.54, 1.807) is 31.9 Å². The quantitative estimate of drug-likeness (QED) is 0.293. The van der Waals surface area contributed by atoms with Crippen LogP contribution in [0, 0.1) is 5.92 Å². The average molecular weight is 370 g/mol. The second kappa shape index (κ2) is 9.92. The van der Waals surface area contributed by atoms with Gasteiger partial charge < -0.3 is 9.47 Å². The molecule has 0 aliphatic heterocycles. The Labute approximate surface area is 151 Å². The maximum absolute atomic E-state index is 13.4.